The lowest BCUT2D eigenvalue weighted by Gasteiger charge is -2.29. The molecule has 0 bridgehead atoms. The van der Waals surface area contributed by atoms with Gasteiger partial charge in [0.1, 0.15) is 4.88 Å². The molecule has 0 aliphatic carbocycles. The average molecular weight is 357 g/mol. The second kappa shape index (κ2) is 5.91. The molecule has 7 heteroatoms. The molecule has 1 aromatic rings. The summed E-state index contributed by atoms with van der Waals surface area (Å²) in [4.78, 5) is 12.3. The third kappa shape index (κ3) is 3.22. The van der Waals surface area contributed by atoms with Gasteiger partial charge < -0.3 is 5.32 Å². The van der Waals surface area contributed by atoms with Crippen molar-refractivity contribution in [2.24, 2.45) is 0 Å². The van der Waals surface area contributed by atoms with Crippen LogP contribution in [0.3, 0.4) is 0 Å². The molecule has 0 saturated carbocycles. The quantitative estimate of drug-likeness (QED) is 0.823. The van der Waals surface area contributed by atoms with Crippen molar-refractivity contribution in [2.75, 3.05) is 10.7 Å². The first-order valence-electron chi connectivity index (χ1n) is 4.39. The van der Waals surface area contributed by atoms with Crippen molar-refractivity contribution in [2.45, 2.75) is 18.9 Å². The smallest absolute Gasteiger partial charge is 0.265 e. The minimum absolute atomic E-state index is 0.120. The summed E-state index contributed by atoms with van der Waals surface area (Å²) in [6.45, 7) is 2.04. The molecule has 4 nitrogen and oxygen atoms in total. The molecule has 0 aromatic carbocycles. The Kier molecular flexibility index (Phi) is 5.14. The maximum Gasteiger partial charge on any atom is 0.265 e. The summed E-state index contributed by atoms with van der Waals surface area (Å²) in [7, 11) is 0. The van der Waals surface area contributed by atoms with E-state index in [9.17, 15) is 4.79 Å². The van der Waals surface area contributed by atoms with Crippen LogP contribution in [0.15, 0.2) is 6.20 Å². The van der Waals surface area contributed by atoms with Gasteiger partial charge >= 0.3 is 0 Å². The summed E-state index contributed by atoms with van der Waals surface area (Å²) in [6.07, 6.45) is 2.32. The molecule has 0 aliphatic rings. The van der Waals surface area contributed by atoms with Crippen molar-refractivity contribution in [3.05, 3.63) is 11.1 Å². The van der Waals surface area contributed by atoms with Crippen LogP contribution < -0.4 is 5.32 Å². The van der Waals surface area contributed by atoms with Crippen LogP contribution in [0, 0.1) is 0 Å². The van der Waals surface area contributed by atoms with Crippen molar-refractivity contribution in [3.8, 4) is 0 Å². The van der Waals surface area contributed by atoms with E-state index in [0.29, 0.717) is 15.5 Å². The Morgan fingerprint density at radius 2 is 2.27 bits per heavy atom. The molecule has 0 fully saturated rings. The standard InChI is InChI=1S/C8H11Br2N3OS/c1-2-8(4-9,5-10)12-7(14)6-3-11-13-15-6/h3H,2,4-5H2,1H3,(H,12,14). The van der Waals surface area contributed by atoms with Gasteiger partial charge in [0.15, 0.2) is 0 Å². The van der Waals surface area contributed by atoms with Crippen LogP contribution in [0.5, 0.6) is 0 Å². The molecule has 15 heavy (non-hydrogen) atoms. The van der Waals surface area contributed by atoms with Crippen LogP contribution in [-0.2, 0) is 0 Å². The zero-order chi connectivity index (χ0) is 11.3. The number of carbonyl (C=O) groups excluding carboxylic acids is 1. The molecule has 0 radical (unpaired) electrons. The summed E-state index contributed by atoms with van der Waals surface area (Å²) in [5.74, 6) is -0.120. The maximum atomic E-state index is 11.8. The minimum Gasteiger partial charge on any atom is -0.344 e. The highest BCUT2D eigenvalue weighted by Crippen LogP contribution is 2.18. The number of aromatic nitrogens is 2. The normalized spacial score (nSPS) is 11.4. The number of alkyl halides is 2. The lowest BCUT2D eigenvalue weighted by Crippen LogP contribution is -2.50. The molecule has 0 atom stereocenters. The van der Waals surface area contributed by atoms with E-state index in [2.05, 4.69) is 46.8 Å². The molecule has 1 heterocycles. The summed E-state index contributed by atoms with van der Waals surface area (Å²) in [5, 5.41) is 8.03. The van der Waals surface area contributed by atoms with Crippen LogP contribution in [-0.4, -0.2) is 31.7 Å². The second-order valence-corrected chi connectivity index (χ2v) is 5.04. The molecule has 1 aromatic heterocycles. The van der Waals surface area contributed by atoms with Gasteiger partial charge in [-0.05, 0) is 18.0 Å². The van der Waals surface area contributed by atoms with E-state index in [1.54, 1.807) is 0 Å². The average Bonchev–Trinajstić information content (AvgIpc) is 2.79. The SMILES string of the molecule is CCC(CBr)(CBr)NC(=O)c1cnns1. The predicted molar refractivity (Wildman–Crippen MR) is 68.0 cm³/mol. The Bertz CT molecular complexity index is 305. The highest BCUT2D eigenvalue weighted by atomic mass is 79.9. The van der Waals surface area contributed by atoms with Gasteiger partial charge in [0.25, 0.3) is 5.91 Å². The zero-order valence-electron chi connectivity index (χ0n) is 8.17. The van der Waals surface area contributed by atoms with Crippen LogP contribution in [0.2, 0.25) is 0 Å². The predicted octanol–water partition coefficient (Wildman–Crippen LogP) is 2.21. The fourth-order valence-corrected chi connectivity index (χ4v) is 3.36. The summed E-state index contributed by atoms with van der Waals surface area (Å²) in [6, 6.07) is 0. The van der Waals surface area contributed by atoms with E-state index < -0.39 is 0 Å². The highest BCUT2D eigenvalue weighted by Gasteiger charge is 2.28. The largest absolute Gasteiger partial charge is 0.344 e. The molecule has 84 valence electrons. The van der Waals surface area contributed by atoms with Gasteiger partial charge in [0.05, 0.1) is 11.7 Å². The molecular formula is C8H11Br2N3OS. The number of amides is 1. The van der Waals surface area contributed by atoms with E-state index in [0.717, 1.165) is 18.0 Å². The Hall–Kier alpha value is -0.0100. The Labute approximate surface area is 109 Å². The van der Waals surface area contributed by atoms with Gasteiger partial charge in [-0.3, -0.25) is 4.79 Å². The van der Waals surface area contributed by atoms with Crippen molar-refractivity contribution >= 4 is 49.3 Å². The molecule has 1 N–H and O–H groups in total. The number of hydrogen-bond donors (Lipinski definition) is 1. The number of halogens is 2. The summed E-state index contributed by atoms with van der Waals surface area (Å²) < 4.78 is 3.66. The number of nitrogens with one attached hydrogen (secondary N) is 1. The lowest BCUT2D eigenvalue weighted by molar-refractivity contribution is 0.0919. The van der Waals surface area contributed by atoms with Gasteiger partial charge in [0, 0.05) is 10.7 Å². The van der Waals surface area contributed by atoms with Crippen molar-refractivity contribution in [3.63, 3.8) is 0 Å². The van der Waals surface area contributed by atoms with E-state index in [4.69, 9.17) is 0 Å². The minimum atomic E-state index is -0.249. The van der Waals surface area contributed by atoms with E-state index in [1.807, 2.05) is 6.92 Å². The molecule has 0 unspecified atom stereocenters. The number of hydrogen-bond acceptors (Lipinski definition) is 4. The van der Waals surface area contributed by atoms with E-state index in [1.165, 1.54) is 6.20 Å². The van der Waals surface area contributed by atoms with Gasteiger partial charge in [-0.15, -0.1) is 5.10 Å². The second-order valence-electron chi connectivity index (χ2n) is 3.14. The van der Waals surface area contributed by atoms with Crippen LogP contribution in [0.25, 0.3) is 0 Å². The molecule has 0 aliphatic heterocycles. The van der Waals surface area contributed by atoms with Crippen LogP contribution in [0.1, 0.15) is 23.0 Å². The third-order valence-electron chi connectivity index (χ3n) is 2.15. The van der Waals surface area contributed by atoms with E-state index >= 15 is 0 Å². The lowest BCUT2D eigenvalue weighted by atomic mass is 10.0. The fourth-order valence-electron chi connectivity index (χ4n) is 0.950. The first-order chi connectivity index (χ1) is 7.17. The van der Waals surface area contributed by atoms with Gasteiger partial charge in [-0.25, -0.2) is 0 Å². The van der Waals surface area contributed by atoms with Crippen molar-refractivity contribution < 1.29 is 4.79 Å². The fraction of sp³-hybridized carbons (Fsp3) is 0.625. The Morgan fingerprint density at radius 3 is 2.67 bits per heavy atom. The van der Waals surface area contributed by atoms with Gasteiger partial charge in [-0.2, -0.15) is 0 Å². The van der Waals surface area contributed by atoms with Crippen molar-refractivity contribution in [1.29, 1.82) is 0 Å². The van der Waals surface area contributed by atoms with E-state index in [-0.39, 0.29) is 11.4 Å². The maximum absolute atomic E-state index is 11.8. The molecule has 1 rings (SSSR count). The first-order valence-corrected chi connectivity index (χ1v) is 7.41. The first kappa shape index (κ1) is 13.1. The zero-order valence-corrected chi connectivity index (χ0v) is 12.2. The summed E-state index contributed by atoms with van der Waals surface area (Å²) >= 11 is 7.92. The number of rotatable bonds is 5. The number of carbonyl (C=O) groups is 1. The van der Waals surface area contributed by atoms with Crippen LogP contribution in [0.4, 0.5) is 0 Å². The van der Waals surface area contributed by atoms with Gasteiger partial charge in [-0.1, -0.05) is 43.3 Å². The Balaban J connectivity index is 2.71. The number of nitrogens with zero attached hydrogens (tertiary/aromatic N) is 2. The monoisotopic (exact) mass is 355 g/mol. The van der Waals surface area contributed by atoms with Gasteiger partial charge in [0.2, 0.25) is 0 Å². The Morgan fingerprint density at radius 1 is 1.60 bits per heavy atom. The third-order valence-corrected chi connectivity index (χ3v) is 4.96. The van der Waals surface area contributed by atoms with Crippen LogP contribution >= 0.6 is 43.4 Å². The molecule has 0 saturated heterocycles. The molecular weight excluding hydrogens is 346 g/mol. The highest BCUT2D eigenvalue weighted by molar-refractivity contribution is 9.09. The molecule has 0 spiro atoms. The molecule has 1 amide bonds. The van der Waals surface area contributed by atoms with Crippen molar-refractivity contribution in [1.82, 2.24) is 14.9 Å². The summed E-state index contributed by atoms with van der Waals surface area (Å²) in [5.41, 5.74) is -0.249. The topological polar surface area (TPSA) is 54.9 Å².